The summed E-state index contributed by atoms with van der Waals surface area (Å²) in [5.74, 6) is 0.657. The highest BCUT2D eigenvalue weighted by Crippen LogP contribution is 2.43. The van der Waals surface area contributed by atoms with E-state index < -0.39 is 5.92 Å². The molecule has 0 radical (unpaired) electrons. The molecule has 0 bridgehead atoms. The van der Waals surface area contributed by atoms with Gasteiger partial charge in [-0.25, -0.2) is 4.98 Å². The molecule has 9 heteroatoms. The number of rotatable bonds is 6. The van der Waals surface area contributed by atoms with Crippen molar-refractivity contribution in [2.75, 3.05) is 20.2 Å². The van der Waals surface area contributed by atoms with Crippen LogP contribution >= 0.6 is 0 Å². The van der Waals surface area contributed by atoms with Crippen LogP contribution in [0.2, 0.25) is 0 Å². The third-order valence-corrected chi connectivity index (χ3v) is 6.08. The Kier molecular flexibility index (Phi) is 5.92. The van der Waals surface area contributed by atoms with Gasteiger partial charge < -0.3 is 24.8 Å². The van der Waals surface area contributed by atoms with Gasteiger partial charge in [-0.2, -0.15) is 0 Å². The maximum absolute atomic E-state index is 13.2. The minimum Gasteiger partial charge on any atom is -0.497 e. The molecule has 2 saturated heterocycles. The zero-order chi connectivity index (χ0) is 22.0. The first kappa shape index (κ1) is 20.9. The van der Waals surface area contributed by atoms with Gasteiger partial charge in [-0.05, 0) is 24.1 Å². The van der Waals surface area contributed by atoms with Gasteiger partial charge >= 0.3 is 0 Å². The van der Waals surface area contributed by atoms with Crippen LogP contribution in [-0.4, -0.2) is 63.7 Å². The first-order chi connectivity index (χ1) is 15.0. The van der Waals surface area contributed by atoms with Crippen LogP contribution in [0.15, 0.2) is 36.7 Å². The zero-order valence-corrected chi connectivity index (χ0v) is 17.7. The van der Waals surface area contributed by atoms with Crippen molar-refractivity contribution >= 4 is 17.7 Å². The number of carbonyl (C=O) groups is 3. The summed E-state index contributed by atoms with van der Waals surface area (Å²) in [6.45, 7) is 2.58. The molecule has 0 aliphatic carbocycles. The van der Waals surface area contributed by atoms with Gasteiger partial charge in [-0.1, -0.05) is 19.1 Å². The molecule has 0 unspecified atom stereocenters. The highest BCUT2D eigenvalue weighted by Gasteiger charge is 2.50. The minimum atomic E-state index is -0.422. The Morgan fingerprint density at radius 1 is 1.29 bits per heavy atom. The number of hydrogen-bond acceptors (Lipinski definition) is 5. The quantitative estimate of drug-likeness (QED) is 0.724. The van der Waals surface area contributed by atoms with Crippen molar-refractivity contribution in [3.8, 4) is 5.75 Å². The maximum Gasteiger partial charge on any atom is 0.243 e. The number of carbonyl (C=O) groups excluding carboxylic acids is 3. The van der Waals surface area contributed by atoms with Crippen molar-refractivity contribution in [1.82, 2.24) is 25.1 Å². The number of amides is 3. The van der Waals surface area contributed by atoms with Crippen molar-refractivity contribution in [1.29, 1.82) is 0 Å². The molecule has 3 heterocycles. The molecule has 2 N–H and O–H groups in total. The van der Waals surface area contributed by atoms with E-state index in [-0.39, 0.29) is 42.9 Å². The normalized spacial score (nSPS) is 22.9. The number of piperazine rings is 1. The molecular weight excluding hydrogens is 398 g/mol. The number of nitrogens with zero attached hydrogens (tertiary/aromatic N) is 3. The summed E-state index contributed by atoms with van der Waals surface area (Å²) in [5.41, 5.74) is 0.880. The number of aromatic amines is 1. The minimum absolute atomic E-state index is 0.0419. The largest absolute Gasteiger partial charge is 0.497 e. The van der Waals surface area contributed by atoms with Crippen molar-refractivity contribution in [3.05, 3.63) is 48.0 Å². The fourth-order valence-corrected chi connectivity index (χ4v) is 4.60. The second-order valence-corrected chi connectivity index (χ2v) is 7.90. The van der Waals surface area contributed by atoms with Gasteiger partial charge in [0.2, 0.25) is 17.7 Å². The van der Waals surface area contributed by atoms with E-state index in [0.717, 1.165) is 5.56 Å². The predicted molar refractivity (Wildman–Crippen MR) is 112 cm³/mol. The van der Waals surface area contributed by atoms with E-state index in [2.05, 4.69) is 15.3 Å². The van der Waals surface area contributed by atoms with Crippen LogP contribution < -0.4 is 10.1 Å². The molecule has 0 saturated carbocycles. The maximum atomic E-state index is 13.2. The monoisotopic (exact) mass is 425 g/mol. The van der Waals surface area contributed by atoms with Crippen molar-refractivity contribution in [3.63, 3.8) is 0 Å². The van der Waals surface area contributed by atoms with E-state index >= 15 is 0 Å². The van der Waals surface area contributed by atoms with Crippen LogP contribution in [0.4, 0.5) is 0 Å². The van der Waals surface area contributed by atoms with Crippen LogP contribution in [0, 0.1) is 5.92 Å². The Labute approximate surface area is 180 Å². The van der Waals surface area contributed by atoms with Crippen molar-refractivity contribution in [2.45, 2.75) is 38.4 Å². The Balaban J connectivity index is 1.60. The smallest absolute Gasteiger partial charge is 0.243 e. The lowest BCUT2D eigenvalue weighted by Gasteiger charge is -2.40. The van der Waals surface area contributed by atoms with Gasteiger partial charge in [0, 0.05) is 25.4 Å². The van der Waals surface area contributed by atoms with E-state index in [1.54, 1.807) is 36.2 Å². The van der Waals surface area contributed by atoms with E-state index in [4.69, 9.17) is 4.74 Å². The number of H-pyrrole nitrogens is 1. The number of ether oxygens (including phenoxy) is 1. The molecule has 2 aliphatic rings. The average Bonchev–Trinajstić information content (AvgIpc) is 3.45. The lowest BCUT2D eigenvalue weighted by molar-refractivity contribution is -0.149. The van der Waals surface area contributed by atoms with Crippen LogP contribution in [0.25, 0.3) is 0 Å². The molecule has 9 nitrogen and oxygen atoms in total. The summed E-state index contributed by atoms with van der Waals surface area (Å²) < 4.78 is 5.25. The number of aromatic nitrogens is 2. The summed E-state index contributed by atoms with van der Waals surface area (Å²) in [5, 5.41) is 2.94. The molecule has 31 heavy (non-hydrogen) atoms. The van der Waals surface area contributed by atoms with Gasteiger partial charge in [-0.15, -0.1) is 0 Å². The van der Waals surface area contributed by atoms with Crippen LogP contribution in [0.3, 0.4) is 0 Å². The van der Waals surface area contributed by atoms with E-state index in [1.807, 2.05) is 24.3 Å². The zero-order valence-electron chi connectivity index (χ0n) is 17.7. The second-order valence-electron chi connectivity index (χ2n) is 7.90. The molecule has 1 aromatic carbocycles. The van der Waals surface area contributed by atoms with Crippen molar-refractivity contribution < 1.29 is 19.1 Å². The third kappa shape index (κ3) is 4.12. The Bertz CT molecular complexity index is 943. The molecule has 2 aromatic rings. The number of fused-ring (bicyclic) bond motifs is 1. The lowest BCUT2D eigenvalue weighted by Crippen LogP contribution is -2.55. The Morgan fingerprint density at radius 3 is 2.71 bits per heavy atom. The molecule has 1 aromatic heterocycles. The molecule has 3 atom stereocenters. The lowest BCUT2D eigenvalue weighted by atomic mass is 9.92. The number of benzene rings is 1. The Morgan fingerprint density at radius 2 is 2.06 bits per heavy atom. The number of imidazole rings is 1. The molecule has 4 rings (SSSR count). The molecule has 3 amide bonds. The van der Waals surface area contributed by atoms with E-state index in [0.29, 0.717) is 31.0 Å². The SMILES string of the molecule is CCC(=O)N1CC(=O)N2[C@@H](C[C@H](C(=O)NCc3ncc[nH]3)[C@@H]2c2ccc(OC)cc2)C1. The summed E-state index contributed by atoms with van der Waals surface area (Å²) in [6.07, 6.45) is 4.19. The number of nitrogens with one attached hydrogen (secondary N) is 2. The summed E-state index contributed by atoms with van der Waals surface area (Å²) in [6, 6.07) is 6.89. The highest BCUT2D eigenvalue weighted by molar-refractivity contribution is 5.88. The summed E-state index contributed by atoms with van der Waals surface area (Å²) in [4.78, 5) is 49.0. The standard InChI is InChI=1S/C22H27N5O4/c1-3-19(28)26-12-15-10-17(22(30)25-11-18-23-8-9-24-18)21(27(15)20(29)13-26)14-4-6-16(31-2)7-5-14/h4-9,15,17,21H,3,10-13H2,1-2H3,(H,23,24)(H,25,30)/t15-,17-,21-/m0/s1. The summed E-state index contributed by atoms with van der Waals surface area (Å²) >= 11 is 0. The van der Waals surface area contributed by atoms with Crippen LogP contribution in [0.5, 0.6) is 5.75 Å². The fourth-order valence-electron chi connectivity index (χ4n) is 4.60. The third-order valence-electron chi connectivity index (χ3n) is 6.08. The molecular formula is C22H27N5O4. The van der Waals surface area contributed by atoms with Gasteiger partial charge in [0.15, 0.2) is 0 Å². The topological polar surface area (TPSA) is 108 Å². The average molecular weight is 425 g/mol. The van der Waals surface area contributed by atoms with E-state index in [1.165, 1.54) is 0 Å². The van der Waals surface area contributed by atoms with Gasteiger partial charge in [0.1, 0.15) is 11.6 Å². The Hall–Kier alpha value is -3.36. The second kappa shape index (κ2) is 8.79. The fraction of sp³-hybridized carbons (Fsp3) is 0.455. The predicted octanol–water partition coefficient (Wildman–Crippen LogP) is 1.25. The molecule has 2 aliphatic heterocycles. The van der Waals surface area contributed by atoms with Gasteiger partial charge in [0.05, 0.1) is 38.2 Å². The first-order valence-corrected chi connectivity index (χ1v) is 10.5. The highest BCUT2D eigenvalue weighted by atomic mass is 16.5. The van der Waals surface area contributed by atoms with Crippen LogP contribution in [-0.2, 0) is 20.9 Å². The van der Waals surface area contributed by atoms with Crippen molar-refractivity contribution in [2.24, 2.45) is 5.92 Å². The van der Waals surface area contributed by atoms with E-state index in [9.17, 15) is 14.4 Å². The van der Waals surface area contributed by atoms with Gasteiger partial charge in [-0.3, -0.25) is 14.4 Å². The summed E-state index contributed by atoms with van der Waals surface area (Å²) in [7, 11) is 1.60. The molecule has 164 valence electrons. The molecule has 2 fully saturated rings. The van der Waals surface area contributed by atoms with Gasteiger partial charge in [0.25, 0.3) is 0 Å². The van der Waals surface area contributed by atoms with Crippen LogP contribution in [0.1, 0.15) is 37.2 Å². The first-order valence-electron chi connectivity index (χ1n) is 10.5. The molecule has 0 spiro atoms. The number of hydrogen-bond donors (Lipinski definition) is 2. The number of methoxy groups -OCH3 is 1.